The Labute approximate surface area is 119 Å². The second kappa shape index (κ2) is 5.99. The van der Waals surface area contributed by atoms with E-state index < -0.39 is 11.4 Å². The van der Waals surface area contributed by atoms with Gasteiger partial charge in [-0.15, -0.1) is 0 Å². The fourth-order valence-electron chi connectivity index (χ4n) is 3.06. The summed E-state index contributed by atoms with van der Waals surface area (Å²) in [6.45, 7) is 4.07. The van der Waals surface area contributed by atoms with E-state index in [1.165, 1.54) is 0 Å². The lowest BCUT2D eigenvalue weighted by atomic mass is 9.84. The second-order valence-electron chi connectivity index (χ2n) is 5.91. The number of carbonyl (C=O) groups excluding carboxylic acids is 1. The standard InChI is InChI=1S/C14H24N2O4/c1-3-14(12(17)18)6-7-16(10-14)13(19)15(2)9-11-5-4-8-20-11/h11H,3-10H2,1-2H3,(H,17,18). The van der Waals surface area contributed by atoms with Crippen LogP contribution in [0.1, 0.15) is 32.6 Å². The van der Waals surface area contributed by atoms with Crippen molar-refractivity contribution in [1.82, 2.24) is 9.80 Å². The van der Waals surface area contributed by atoms with Crippen molar-refractivity contribution in [1.29, 1.82) is 0 Å². The van der Waals surface area contributed by atoms with Crippen LogP contribution in [-0.4, -0.2) is 66.3 Å². The highest BCUT2D eigenvalue weighted by atomic mass is 16.5. The Morgan fingerprint density at radius 1 is 1.50 bits per heavy atom. The molecule has 2 unspecified atom stereocenters. The molecule has 0 aromatic carbocycles. The number of amides is 2. The van der Waals surface area contributed by atoms with E-state index in [1.807, 2.05) is 6.92 Å². The topological polar surface area (TPSA) is 70.1 Å². The largest absolute Gasteiger partial charge is 0.481 e. The van der Waals surface area contributed by atoms with Gasteiger partial charge in [-0.25, -0.2) is 4.79 Å². The number of urea groups is 1. The molecule has 6 heteroatoms. The molecule has 0 saturated carbocycles. The van der Waals surface area contributed by atoms with Crippen molar-refractivity contribution in [3.8, 4) is 0 Å². The summed E-state index contributed by atoms with van der Waals surface area (Å²) in [7, 11) is 1.76. The summed E-state index contributed by atoms with van der Waals surface area (Å²) in [5, 5.41) is 9.36. The molecule has 2 heterocycles. The predicted octanol–water partition coefficient (Wildman–Crippen LogP) is 1.40. The number of carboxylic acids is 1. The van der Waals surface area contributed by atoms with Gasteiger partial charge in [-0.2, -0.15) is 0 Å². The molecule has 114 valence electrons. The summed E-state index contributed by atoms with van der Waals surface area (Å²) in [6.07, 6.45) is 3.27. The predicted molar refractivity (Wildman–Crippen MR) is 73.5 cm³/mol. The molecule has 6 nitrogen and oxygen atoms in total. The quantitative estimate of drug-likeness (QED) is 0.847. The number of rotatable bonds is 4. The van der Waals surface area contributed by atoms with Gasteiger partial charge in [0.25, 0.3) is 0 Å². The van der Waals surface area contributed by atoms with Crippen LogP contribution in [0.3, 0.4) is 0 Å². The maximum atomic E-state index is 12.4. The number of likely N-dealkylation sites (N-methyl/N-ethyl adjacent to an activating group) is 1. The number of hydrogen-bond acceptors (Lipinski definition) is 3. The summed E-state index contributed by atoms with van der Waals surface area (Å²) in [5.41, 5.74) is -0.764. The second-order valence-corrected chi connectivity index (χ2v) is 5.91. The van der Waals surface area contributed by atoms with Crippen molar-refractivity contribution in [2.75, 3.05) is 33.3 Å². The lowest BCUT2D eigenvalue weighted by Gasteiger charge is -2.28. The van der Waals surface area contributed by atoms with Gasteiger partial charge in [0.15, 0.2) is 0 Å². The van der Waals surface area contributed by atoms with E-state index in [9.17, 15) is 14.7 Å². The molecule has 2 rings (SSSR count). The minimum absolute atomic E-state index is 0.0860. The molecule has 2 aliphatic heterocycles. The highest BCUT2D eigenvalue weighted by molar-refractivity contribution is 5.79. The number of aliphatic carboxylic acids is 1. The molecule has 0 aliphatic carbocycles. The van der Waals surface area contributed by atoms with Gasteiger partial charge in [0, 0.05) is 33.3 Å². The molecule has 0 bridgehead atoms. The molecule has 0 radical (unpaired) electrons. The molecule has 2 saturated heterocycles. The van der Waals surface area contributed by atoms with Crippen molar-refractivity contribution >= 4 is 12.0 Å². The maximum absolute atomic E-state index is 12.4. The van der Waals surface area contributed by atoms with Crippen LogP contribution >= 0.6 is 0 Å². The molecule has 20 heavy (non-hydrogen) atoms. The normalized spacial score (nSPS) is 29.7. The number of carbonyl (C=O) groups is 2. The van der Waals surface area contributed by atoms with E-state index in [4.69, 9.17) is 4.74 Å². The number of hydrogen-bond donors (Lipinski definition) is 1. The maximum Gasteiger partial charge on any atom is 0.319 e. The average molecular weight is 284 g/mol. The Hall–Kier alpha value is -1.30. The van der Waals surface area contributed by atoms with Crippen LogP contribution in [0.2, 0.25) is 0 Å². The van der Waals surface area contributed by atoms with Crippen molar-refractivity contribution in [2.24, 2.45) is 5.41 Å². The van der Waals surface area contributed by atoms with Gasteiger partial charge in [0.2, 0.25) is 0 Å². The van der Waals surface area contributed by atoms with Gasteiger partial charge in [-0.1, -0.05) is 6.92 Å². The number of likely N-dealkylation sites (tertiary alicyclic amines) is 1. The first-order valence-corrected chi connectivity index (χ1v) is 7.33. The third kappa shape index (κ3) is 2.90. The third-order valence-electron chi connectivity index (χ3n) is 4.58. The minimum Gasteiger partial charge on any atom is -0.481 e. The van der Waals surface area contributed by atoms with E-state index in [-0.39, 0.29) is 12.1 Å². The van der Waals surface area contributed by atoms with Gasteiger partial charge >= 0.3 is 12.0 Å². The number of carboxylic acid groups (broad SMARTS) is 1. The van der Waals surface area contributed by atoms with E-state index in [2.05, 4.69) is 0 Å². The van der Waals surface area contributed by atoms with Crippen LogP contribution < -0.4 is 0 Å². The lowest BCUT2D eigenvalue weighted by Crippen LogP contribution is -2.44. The molecule has 2 fully saturated rings. The summed E-state index contributed by atoms with van der Waals surface area (Å²) in [5.74, 6) is -0.794. The van der Waals surface area contributed by atoms with Gasteiger partial charge < -0.3 is 19.6 Å². The molecule has 2 amide bonds. The van der Waals surface area contributed by atoms with Crippen molar-refractivity contribution in [2.45, 2.75) is 38.7 Å². The molecular weight excluding hydrogens is 260 g/mol. The Morgan fingerprint density at radius 3 is 2.75 bits per heavy atom. The smallest absolute Gasteiger partial charge is 0.319 e. The van der Waals surface area contributed by atoms with E-state index >= 15 is 0 Å². The Kier molecular flexibility index (Phi) is 4.52. The first-order valence-electron chi connectivity index (χ1n) is 7.33. The molecule has 1 N–H and O–H groups in total. The average Bonchev–Trinajstić information content (AvgIpc) is 3.07. The van der Waals surface area contributed by atoms with Crippen molar-refractivity contribution in [3.63, 3.8) is 0 Å². The Balaban J connectivity index is 1.91. The number of nitrogens with zero attached hydrogens (tertiary/aromatic N) is 2. The molecular formula is C14H24N2O4. The fourth-order valence-corrected chi connectivity index (χ4v) is 3.06. The third-order valence-corrected chi connectivity index (χ3v) is 4.58. The van der Waals surface area contributed by atoms with Crippen molar-refractivity contribution in [3.05, 3.63) is 0 Å². The zero-order valence-corrected chi connectivity index (χ0v) is 12.3. The molecule has 0 aromatic rings. The van der Waals surface area contributed by atoms with E-state index in [0.717, 1.165) is 19.4 Å². The van der Waals surface area contributed by atoms with E-state index in [1.54, 1.807) is 16.8 Å². The van der Waals surface area contributed by atoms with E-state index in [0.29, 0.717) is 32.5 Å². The zero-order chi connectivity index (χ0) is 14.8. The molecule has 0 aromatic heterocycles. The Bertz CT molecular complexity index is 381. The highest BCUT2D eigenvalue weighted by Gasteiger charge is 2.45. The van der Waals surface area contributed by atoms with Crippen LogP contribution in [0.4, 0.5) is 4.79 Å². The van der Waals surface area contributed by atoms with Crippen LogP contribution in [0.15, 0.2) is 0 Å². The first kappa shape index (κ1) is 15.1. The van der Waals surface area contributed by atoms with Gasteiger partial charge in [-0.05, 0) is 25.7 Å². The Morgan fingerprint density at radius 2 is 2.25 bits per heavy atom. The minimum atomic E-state index is -0.794. The van der Waals surface area contributed by atoms with Crippen LogP contribution in [-0.2, 0) is 9.53 Å². The molecule has 0 spiro atoms. The van der Waals surface area contributed by atoms with Gasteiger partial charge in [-0.3, -0.25) is 4.79 Å². The van der Waals surface area contributed by atoms with Crippen molar-refractivity contribution < 1.29 is 19.4 Å². The fraction of sp³-hybridized carbons (Fsp3) is 0.857. The van der Waals surface area contributed by atoms with Crippen LogP contribution in [0, 0.1) is 5.41 Å². The molecule has 2 aliphatic rings. The summed E-state index contributed by atoms with van der Waals surface area (Å²) in [6, 6.07) is -0.0860. The molecule has 2 atom stereocenters. The zero-order valence-electron chi connectivity index (χ0n) is 12.3. The lowest BCUT2D eigenvalue weighted by molar-refractivity contribution is -0.148. The van der Waals surface area contributed by atoms with Gasteiger partial charge in [0.1, 0.15) is 0 Å². The summed E-state index contributed by atoms with van der Waals surface area (Å²) in [4.78, 5) is 27.1. The van der Waals surface area contributed by atoms with Gasteiger partial charge in [0.05, 0.1) is 11.5 Å². The summed E-state index contributed by atoms with van der Waals surface area (Å²) < 4.78 is 5.53. The monoisotopic (exact) mass is 284 g/mol. The first-order chi connectivity index (χ1) is 9.48. The highest BCUT2D eigenvalue weighted by Crippen LogP contribution is 2.34. The summed E-state index contributed by atoms with van der Waals surface area (Å²) >= 11 is 0. The SMILES string of the molecule is CCC1(C(=O)O)CCN(C(=O)N(C)CC2CCCO2)C1. The number of ether oxygens (including phenoxy) is 1. The van der Waals surface area contributed by atoms with Crippen LogP contribution in [0.25, 0.3) is 0 Å². The van der Waals surface area contributed by atoms with Crippen LogP contribution in [0.5, 0.6) is 0 Å².